The molecule has 0 aliphatic carbocycles. The topological polar surface area (TPSA) is 83.2 Å². The molecular formula is C19H21F2N5O3. The van der Waals surface area contributed by atoms with Crippen LogP contribution in [0, 0.1) is 13.8 Å². The minimum absolute atomic E-state index is 0.103. The number of anilines is 1. The van der Waals surface area contributed by atoms with Crippen LogP contribution in [0.5, 0.6) is 11.5 Å². The molecule has 154 valence electrons. The van der Waals surface area contributed by atoms with Gasteiger partial charge in [0, 0.05) is 23.6 Å². The highest BCUT2D eigenvalue weighted by molar-refractivity contribution is 6.02. The lowest BCUT2D eigenvalue weighted by Gasteiger charge is -2.13. The van der Waals surface area contributed by atoms with Crippen molar-refractivity contribution in [1.29, 1.82) is 0 Å². The zero-order chi connectivity index (χ0) is 21.0. The molecule has 8 nitrogen and oxygen atoms in total. The van der Waals surface area contributed by atoms with Crippen LogP contribution in [0.25, 0.3) is 0 Å². The summed E-state index contributed by atoms with van der Waals surface area (Å²) in [5, 5.41) is 11.3. The molecule has 0 aliphatic heterocycles. The molecule has 0 saturated carbocycles. The van der Waals surface area contributed by atoms with Crippen molar-refractivity contribution in [3.63, 3.8) is 0 Å². The molecule has 1 aromatic carbocycles. The molecule has 2 heterocycles. The molecule has 0 atom stereocenters. The lowest BCUT2D eigenvalue weighted by Crippen LogP contribution is -2.16. The van der Waals surface area contributed by atoms with Gasteiger partial charge in [-0.25, -0.2) is 4.68 Å². The number of aromatic nitrogens is 4. The largest absolute Gasteiger partial charge is 0.490 e. The monoisotopic (exact) mass is 405 g/mol. The van der Waals surface area contributed by atoms with Crippen molar-refractivity contribution in [3.8, 4) is 11.5 Å². The number of halogens is 2. The van der Waals surface area contributed by atoms with Gasteiger partial charge in [0.15, 0.2) is 17.2 Å². The Kier molecular flexibility index (Phi) is 6.10. The molecular weight excluding hydrogens is 384 g/mol. The molecule has 29 heavy (non-hydrogen) atoms. The average molecular weight is 405 g/mol. The molecule has 1 N–H and O–H groups in total. The van der Waals surface area contributed by atoms with Gasteiger partial charge in [0.1, 0.15) is 6.67 Å². The van der Waals surface area contributed by atoms with Gasteiger partial charge in [-0.05, 0) is 45.0 Å². The van der Waals surface area contributed by atoms with Crippen molar-refractivity contribution in [3.05, 3.63) is 53.6 Å². The number of aryl methyl sites for hydroxylation is 2. The van der Waals surface area contributed by atoms with E-state index in [1.54, 1.807) is 28.6 Å². The number of carbonyl (C=O) groups excluding carboxylic acids is 1. The molecule has 10 heteroatoms. The second-order valence-electron chi connectivity index (χ2n) is 6.24. The summed E-state index contributed by atoms with van der Waals surface area (Å²) in [7, 11) is 0. The summed E-state index contributed by atoms with van der Waals surface area (Å²) in [4.78, 5) is 12.5. The van der Waals surface area contributed by atoms with E-state index in [2.05, 4.69) is 20.3 Å². The van der Waals surface area contributed by atoms with Gasteiger partial charge in [-0.2, -0.15) is 19.0 Å². The summed E-state index contributed by atoms with van der Waals surface area (Å²) >= 11 is 0. The maximum Gasteiger partial charge on any atom is 0.387 e. The fourth-order valence-corrected chi connectivity index (χ4v) is 2.76. The molecule has 3 aromatic rings. The Bertz CT molecular complexity index is 1000. The van der Waals surface area contributed by atoms with Crippen LogP contribution in [0.2, 0.25) is 0 Å². The minimum atomic E-state index is -2.97. The number of benzene rings is 1. The molecule has 1 amide bonds. The summed E-state index contributed by atoms with van der Waals surface area (Å²) in [5.74, 6) is -0.434. The first kappa shape index (κ1) is 20.3. The van der Waals surface area contributed by atoms with Crippen LogP contribution in [-0.4, -0.2) is 38.7 Å². The maximum atomic E-state index is 12.5. The number of rotatable bonds is 8. The standard InChI is InChI=1S/C19H21F2N5O3/c1-4-28-17-10-14(5-6-16(17)29-19(20)21)22-18(27)15-7-8-25(24-15)11-26-13(3)9-12(2)23-26/h5-10,19H,4,11H2,1-3H3,(H,22,27). The van der Waals surface area contributed by atoms with Crippen LogP contribution >= 0.6 is 0 Å². The van der Waals surface area contributed by atoms with Crippen molar-refractivity contribution in [1.82, 2.24) is 19.6 Å². The third kappa shape index (κ3) is 5.09. The molecule has 0 spiro atoms. The molecule has 0 radical (unpaired) electrons. The quantitative estimate of drug-likeness (QED) is 0.621. The molecule has 3 rings (SSSR count). The third-order valence-corrected chi connectivity index (χ3v) is 3.97. The first-order chi connectivity index (χ1) is 13.9. The first-order valence-electron chi connectivity index (χ1n) is 8.93. The number of nitrogens with one attached hydrogen (secondary N) is 1. The van der Waals surface area contributed by atoms with E-state index in [9.17, 15) is 13.6 Å². The lowest BCUT2D eigenvalue weighted by atomic mass is 10.2. The van der Waals surface area contributed by atoms with Crippen LogP contribution in [0.15, 0.2) is 36.5 Å². The molecule has 0 aliphatic rings. The van der Waals surface area contributed by atoms with Crippen LogP contribution in [0.1, 0.15) is 28.8 Å². The summed E-state index contributed by atoms with van der Waals surface area (Å²) in [6, 6.07) is 7.72. The molecule has 0 bridgehead atoms. The van der Waals surface area contributed by atoms with Gasteiger partial charge in [-0.15, -0.1) is 0 Å². The zero-order valence-electron chi connectivity index (χ0n) is 16.2. The van der Waals surface area contributed by atoms with Crippen molar-refractivity contribution in [2.24, 2.45) is 0 Å². The molecule has 0 fully saturated rings. The highest BCUT2D eigenvalue weighted by atomic mass is 19.3. The molecule has 0 saturated heterocycles. The fraction of sp³-hybridized carbons (Fsp3) is 0.316. The van der Waals surface area contributed by atoms with E-state index in [-0.39, 0.29) is 23.8 Å². The molecule has 0 unspecified atom stereocenters. The Balaban J connectivity index is 1.71. The summed E-state index contributed by atoms with van der Waals surface area (Å²) in [5.41, 5.74) is 2.46. The first-order valence-corrected chi connectivity index (χ1v) is 8.93. The summed E-state index contributed by atoms with van der Waals surface area (Å²) in [6.07, 6.45) is 1.68. The van der Waals surface area contributed by atoms with Gasteiger partial charge in [0.25, 0.3) is 5.91 Å². The predicted molar refractivity (Wildman–Crippen MR) is 102 cm³/mol. The van der Waals surface area contributed by atoms with E-state index in [4.69, 9.17) is 4.74 Å². The Hall–Kier alpha value is -3.43. The second kappa shape index (κ2) is 8.72. The van der Waals surface area contributed by atoms with E-state index in [1.807, 2.05) is 19.9 Å². The smallest absolute Gasteiger partial charge is 0.387 e. The maximum absolute atomic E-state index is 12.5. The Morgan fingerprint density at radius 2 is 1.97 bits per heavy atom. The fourth-order valence-electron chi connectivity index (χ4n) is 2.76. The van der Waals surface area contributed by atoms with Gasteiger partial charge < -0.3 is 14.8 Å². The minimum Gasteiger partial charge on any atom is -0.490 e. The van der Waals surface area contributed by atoms with Gasteiger partial charge in [0.05, 0.1) is 12.3 Å². The average Bonchev–Trinajstić information content (AvgIpc) is 3.24. The Morgan fingerprint density at radius 1 is 1.17 bits per heavy atom. The Labute approximate surface area is 166 Å². The number of alkyl halides is 2. The van der Waals surface area contributed by atoms with Crippen LogP contribution in [-0.2, 0) is 6.67 Å². The van der Waals surface area contributed by atoms with Gasteiger partial charge in [-0.1, -0.05) is 0 Å². The summed E-state index contributed by atoms with van der Waals surface area (Å²) < 4.78 is 38.1. The molecule has 2 aromatic heterocycles. The van der Waals surface area contributed by atoms with E-state index in [0.717, 1.165) is 11.4 Å². The zero-order valence-corrected chi connectivity index (χ0v) is 16.2. The van der Waals surface area contributed by atoms with Crippen molar-refractivity contribution < 1.29 is 23.0 Å². The Morgan fingerprint density at radius 3 is 2.62 bits per heavy atom. The van der Waals surface area contributed by atoms with Gasteiger partial charge >= 0.3 is 6.61 Å². The van der Waals surface area contributed by atoms with Gasteiger partial charge in [-0.3, -0.25) is 9.48 Å². The van der Waals surface area contributed by atoms with E-state index in [1.165, 1.54) is 18.2 Å². The van der Waals surface area contributed by atoms with Crippen molar-refractivity contribution >= 4 is 11.6 Å². The highest BCUT2D eigenvalue weighted by Crippen LogP contribution is 2.31. The van der Waals surface area contributed by atoms with Crippen LogP contribution in [0.4, 0.5) is 14.5 Å². The SMILES string of the molecule is CCOc1cc(NC(=O)c2ccn(Cn3nc(C)cc3C)n2)ccc1OC(F)F. The van der Waals surface area contributed by atoms with E-state index >= 15 is 0 Å². The highest BCUT2D eigenvalue weighted by Gasteiger charge is 2.15. The van der Waals surface area contributed by atoms with Gasteiger partial charge in [0.2, 0.25) is 0 Å². The third-order valence-electron chi connectivity index (χ3n) is 3.97. The van der Waals surface area contributed by atoms with Crippen molar-refractivity contribution in [2.75, 3.05) is 11.9 Å². The lowest BCUT2D eigenvalue weighted by molar-refractivity contribution is -0.0514. The normalized spacial score (nSPS) is 11.0. The number of hydrogen-bond donors (Lipinski definition) is 1. The number of amides is 1. The predicted octanol–water partition coefficient (Wildman–Crippen LogP) is 3.45. The van der Waals surface area contributed by atoms with Crippen LogP contribution in [0.3, 0.4) is 0 Å². The van der Waals surface area contributed by atoms with Crippen molar-refractivity contribution in [2.45, 2.75) is 34.1 Å². The number of ether oxygens (including phenoxy) is 2. The number of nitrogens with zero attached hydrogens (tertiary/aromatic N) is 4. The second-order valence-corrected chi connectivity index (χ2v) is 6.24. The number of hydrogen-bond acceptors (Lipinski definition) is 5. The van der Waals surface area contributed by atoms with E-state index < -0.39 is 12.5 Å². The van der Waals surface area contributed by atoms with Crippen LogP contribution < -0.4 is 14.8 Å². The number of carbonyl (C=O) groups is 1. The summed E-state index contributed by atoms with van der Waals surface area (Å²) in [6.45, 7) is 3.22. The van der Waals surface area contributed by atoms with E-state index in [0.29, 0.717) is 12.4 Å².